The molecule has 0 amide bonds. The van der Waals surface area contributed by atoms with Crippen molar-refractivity contribution < 1.29 is 0 Å². The Hall–Kier alpha value is -1.39. The van der Waals surface area contributed by atoms with Gasteiger partial charge in [-0.1, -0.05) is 12.1 Å². The fourth-order valence-electron chi connectivity index (χ4n) is 1.42. The van der Waals surface area contributed by atoms with Gasteiger partial charge < -0.3 is 5.73 Å². The van der Waals surface area contributed by atoms with E-state index in [9.17, 15) is 0 Å². The number of hydrogen-bond acceptors (Lipinski definition) is 3. The van der Waals surface area contributed by atoms with Crippen molar-refractivity contribution in [2.24, 2.45) is 10.7 Å². The lowest BCUT2D eigenvalue weighted by molar-refractivity contribution is 1.35. The van der Waals surface area contributed by atoms with Crippen molar-refractivity contribution >= 4 is 34.7 Å². The normalized spacial score (nSPS) is 11.8. The number of aryl methyl sites for hydroxylation is 1. The fraction of sp³-hybridized carbons (Fsp3) is 0.167. The zero-order valence-electron chi connectivity index (χ0n) is 9.35. The van der Waals surface area contributed by atoms with Crippen LogP contribution >= 0.6 is 23.1 Å². The first kappa shape index (κ1) is 12.1. The number of halogens is 1. The molecule has 0 aliphatic carbocycles. The summed E-state index contributed by atoms with van der Waals surface area (Å²) in [5, 5.41) is 0. The van der Waals surface area contributed by atoms with Gasteiger partial charge in [0.25, 0.3) is 0 Å². The van der Waals surface area contributed by atoms with Gasteiger partial charge in [0.05, 0.1) is 22.1 Å². The Bertz CT molecular complexity index is 548. The van der Waals surface area contributed by atoms with Gasteiger partial charge >= 0.3 is 0 Å². The number of alkyl halides is 1. The van der Waals surface area contributed by atoms with Crippen molar-refractivity contribution in [1.29, 1.82) is 0 Å². The first-order valence-electron chi connectivity index (χ1n) is 5.12. The Morgan fingerprint density at radius 3 is 2.94 bits per heavy atom. The van der Waals surface area contributed by atoms with Crippen LogP contribution < -0.4 is 5.73 Å². The van der Waals surface area contributed by atoms with E-state index >= 15 is 0 Å². The Labute approximate surface area is 109 Å². The number of nitrogens with zero attached hydrogens (tertiary/aromatic N) is 2. The number of rotatable bonds is 3. The molecule has 3 nitrogen and oxygen atoms in total. The number of hydrogen-bond donors (Lipinski definition) is 1. The standard InChI is InChI=1S/C12H12ClN3S/c1-8-5-11(17-16-8)9-3-2-4-10(6-9)15-12(14)7-13/h2-6H,7H2,1H3,(H2,14,15). The van der Waals surface area contributed by atoms with E-state index in [0.717, 1.165) is 21.8 Å². The van der Waals surface area contributed by atoms with Gasteiger partial charge in [0.2, 0.25) is 0 Å². The van der Waals surface area contributed by atoms with Crippen LogP contribution in [-0.4, -0.2) is 16.1 Å². The monoisotopic (exact) mass is 265 g/mol. The van der Waals surface area contributed by atoms with Crippen LogP contribution in [0.5, 0.6) is 0 Å². The summed E-state index contributed by atoms with van der Waals surface area (Å²) in [5.74, 6) is 0.661. The minimum Gasteiger partial charge on any atom is -0.386 e. The van der Waals surface area contributed by atoms with Crippen LogP contribution in [0.2, 0.25) is 0 Å². The first-order valence-corrected chi connectivity index (χ1v) is 6.42. The second kappa shape index (κ2) is 5.29. The SMILES string of the molecule is Cc1cc(-c2cccc(N=C(N)CCl)c2)sn1. The molecule has 0 saturated heterocycles. The number of aliphatic imine (C=N–C) groups is 1. The Morgan fingerprint density at radius 2 is 2.29 bits per heavy atom. The molecule has 0 bridgehead atoms. The highest BCUT2D eigenvalue weighted by atomic mass is 35.5. The Kier molecular flexibility index (Phi) is 3.76. The molecule has 1 aromatic carbocycles. The predicted molar refractivity (Wildman–Crippen MR) is 74.3 cm³/mol. The fourth-order valence-corrected chi connectivity index (χ4v) is 2.23. The topological polar surface area (TPSA) is 51.3 Å². The molecule has 2 rings (SSSR count). The number of amidine groups is 1. The van der Waals surface area contributed by atoms with Gasteiger partial charge in [0.15, 0.2) is 0 Å². The largest absolute Gasteiger partial charge is 0.386 e. The molecular weight excluding hydrogens is 254 g/mol. The first-order chi connectivity index (χ1) is 8.19. The van der Waals surface area contributed by atoms with E-state index in [4.69, 9.17) is 17.3 Å². The highest BCUT2D eigenvalue weighted by Gasteiger charge is 2.02. The van der Waals surface area contributed by atoms with Crippen molar-refractivity contribution in [3.8, 4) is 10.4 Å². The molecule has 1 aromatic heterocycles. The van der Waals surface area contributed by atoms with Crippen molar-refractivity contribution in [3.63, 3.8) is 0 Å². The molecule has 17 heavy (non-hydrogen) atoms. The summed E-state index contributed by atoms with van der Waals surface area (Å²) in [6.07, 6.45) is 0. The molecule has 0 aliphatic rings. The van der Waals surface area contributed by atoms with Crippen molar-refractivity contribution in [3.05, 3.63) is 36.0 Å². The average molecular weight is 266 g/mol. The number of benzene rings is 1. The van der Waals surface area contributed by atoms with Crippen LogP contribution in [0.25, 0.3) is 10.4 Å². The van der Waals surface area contributed by atoms with E-state index in [-0.39, 0.29) is 5.88 Å². The third kappa shape index (κ3) is 3.05. The molecule has 1 heterocycles. The van der Waals surface area contributed by atoms with Crippen LogP contribution in [0, 0.1) is 6.92 Å². The van der Waals surface area contributed by atoms with E-state index in [0.29, 0.717) is 5.84 Å². The maximum Gasteiger partial charge on any atom is 0.115 e. The van der Waals surface area contributed by atoms with Crippen molar-refractivity contribution in [2.75, 3.05) is 5.88 Å². The lowest BCUT2D eigenvalue weighted by Crippen LogP contribution is -2.12. The smallest absolute Gasteiger partial charge is 0.115 e. The lowest BCUT2D eigenvalue weighted by Gasteiger charge is -2.00. The predicted octanol–water partition coefficient (Wildman–Crippen LogP) is 3.35. The van der Waals surface area contributed by atoms with Crippen LogP contribution in [0.15, 0.2) is 35.3 Å². The Morgan fingerprint density at radius 1 is 1.47 bits per heavy atom. The molecule has 5 heteroatoms. The zero-order chi connectivity index (χ0) is 12.3. The van der Waals surface area contributed by atoms with E-state index in [2.05, 4.69) is 15.4 Å². The van der Waals surface area contributed by atoms with E-state index in [1.807, 2.05) is 31.2 Å². The Balaban J connectivity index is 2.35. The van der Waals surface area contributed by atoms with Gasteiger partial charge in [-0.3, -0.25) is 0 Å². The quantitative estimate of drug-likeness (QED) is 0.526. The third-order valence-corrected chi connectivity index (χ3v) is 3.37. The zero-order valence-corrected chi connectivity index (χ0v) is 10.9. The second-order valence-corrected chi connectivity index (χ2v) is 4.69. The third-order valence-electron chi connectivity index (χ3n) is 2.17. The summed E-state index contributed by atoms with van der Waals surface area (Å²) in [5.41, 5.74) is 8.54. The van der Waals surface area contributed by atoms with Gasteiger partial charge in [-0.15, -0.1) is 11.6 Å². The number of aromatic nitrogens is 1. The molecule has 0 radical (unpaired) electrons. The summed E-state index contributed by atoms with van der Waals surface area (Å²) in [6, 6.07) is 9.91. The van der Waals surface area contributed by atoms with Crippen LogP contribution in [0.1, 0.15) is 5.69 Å². The summed E-state index contributed by atoms with van der Waals surface area (Å²) in [4.78, 5) is 5.35. The van der Waals surface area contributed by atoms with Crippen molar-refractivity contribution in [1.82, 2.24) is 4.37 Å². The minimum absolute atomic E-state index is 0.240. The summed E-state index contributed by atoms with van der Waals surface area (Å²) in [6.45, 7) is 1.98. The minimum atomic E-state index is 0.240. The van der Waals surface area contributed by atoms with Crippen LogP contribution in [0.4, 0.5) is 5.69 Å². The summed E-state index contributed by atoms with van der Waals surface area (Å²) in [7, 11) is 0. The van der Waals surface area contributed by atoms with Gasteiger partial charge in [-0.25, -0.2) is 4.99 Å². The molecule has 2 N–H and O–H groups in total. The molecule has 0 spiro atoms. The number of nitrogens with two attached hydrogens (primary N) is 1. The van der Waals surface area contributed by atoms with E-state index < -0.39 is 0 Å². The highest BCUT2D eigenvalue weighted by molar-refractivity contribution is 7.09. The molecule has 2 aromatic rings. The molecular formula is C12H12ClN3S. The van der Waals surface area contributed by atoms with Crippen LogP contribution in [0.3, 0.4) is 0 Å². The van der Waals surface area contributed by atoms with Gasteiger partial charge in [0.1, 0.15) is 5.84 Å². The molecule has 88 valence electrons. The van der Waals surface area contributed by atoms with Gasteiger partial charge in [-0.05, 0) is 42.2 Å². The molecule has 0 unspecified atom stereocenters. The maximum atomic E-state index is 5.61. The second-order valence-electron chi connectivity index (χ2n) is 3.62. The van der Waals surface area contributed by atoms with Gasteiger partial charge in [0, 0.05) is 0 Å². The van der Waals surface area contributed by atoms with Crippen molar-refractivity contribution in [2.45, 2.75) is 6.92 Å². The van der Waals surface area contributed by atoms with E-state index in [1.54, 1.807) is 0 Å². The maximum absolute atomic E-state index is 5.61. The molecule has 0 aliphatic heterocycles. The molecule has 0 saturated carbocycles. The summed E-state index contributed by atoms with van der Waals surface area (Å²) >= 11 is 7.08. The van der Waals surface area contributed by atoms with Gasteiger partial charge in [-0.2, -0.15) is 4.37 Å². The lowest BCUT2D eigenvalue weighted by atomic mass is 10.1. The average Bonchev–Trinajstić information content (AvgIpc) is 2.76. The van der Waals surface area contributed by atoms with Crippen LogP contribution in [-0.2, 0) is 0 Å². The summed E-state index contributed by atoms with van der Waals surface area (Å²) < 4.78 is 4.26. The molecule has 0 atom stereocenters. The van der Waals surface area contributed by atoms with E-state index in [1.165, 1.54) is 11.5 Å². The molecule has 0 fully saturated rings. The highest BCUT2D eigenvalue weighted by Crippen LogP contribution is 2.27.